The first-order valence-corrected chi connectivity index (χ1v) is 20.0. The minimum Gasteiger partial charge on any atom is -0.309 e. The van der Waals surface area contributed by atoms with E-state index < -0.39 is 0 Å². The summed E-state index contributed by atoms with van der Waals surface area (Å²) in [6, 6.07) is 69.3. The molecule has 0 saturated heterocycles. The van der Waals surface area contributed by atoms with Gasteiger partial charge < -0.3 is 4.57 Å². The normalized spacial score (nSPS) is 12.6. The van der Waals surface area contributed by atoms with Crippen molar-refractivity contribution in [2.75, 3.05) is 0 Å². The number of fused-ring (bicyclic) bond motifs is 14. The standard InChI is InChI=1S/C52H31N3S/c1-2-15-36(16-3-1)54-42-22-9-8-20-40(42)48-41-21-11-23-46-51(41)55(52(48)54)43-27-26-35(31-47(43)56-46)34-14-10-17-37(30-34)53-44-28-24-32-12-4-6-18-38(32)49(44)50-39-19-7-5-13-33(39)25-29-45(50)53/h1-31H. The monoisotopic (exact) mass is 729 g/mol. The minimum absolute atomic E-state index is 1.16. The van der Waals surface area contributed by atoms with Crippen LogP contribution < -0.4 is 0 Å². The molecule has 0 atom stereocenters. The molecule has 13 rings (SSSR count). The third-order valence-corrected chi connectivity index (χ3v) is 13.1. The first-order valence-electron chi connectivity index (χ1n) is 19.2. The zero-order valence-corrected chi connectivity index (χ0v) is 31.0. The van der Waals surface area contributed by atoms with Crippen molar-refractivity contribution in [1.29, 1.82) is 0 Å². The van der Waals surface area contributed by atoms with E-state index in [1.54, 1.807) is 0 Å². The number of hydrogen-bond acceptors (Lipinski definition) is 1. The summed E-state index contributed by atoms with van der Waals surface area (Å²) >= 11 is 1.88. The average molecular weight is 730 g/mol. The Hall–Kier alpha value is -7.01. The van der Waals surface area contributed by atoms with Gasteiger partial charge in [-0.3, -0.25) is 9.13 Å². The lowest BCUT2D eigenvalue weighted by Crippen LogP contribution is -2.05. The number of para-hydroxylation sites is 3. The van der Waals surface area contributed by atoms with Gasteiger partial charge in [-0.25, -0.2) is 0 Å². The molecule has 56 heavy (non-hydrogen) atoms. The van der Waals surface area contributed by atoms with E-state index in [0.29, 0.717) is 0 Å². The number of hydrogen-bond donors (Lipinski definition) is 0. The predicted molar refractivity (Wildman–Crippen MR) is 237 cm³/mol. The lowest BCUT2D eigenvalue weighted by molar-refractivity contribution is 1.03. The van der Waals surface area contributed by atoms with Gasteiger partial charge in [-0.05, 0) is 93.3 Å². The summed E-state index contributed by atoms with van der Waals surface area (Å²) in [4.78, 5) is 2.54. The summed E-state index contributed by atoms with van der Waals surface area (Å²) in [5.74, 6) is 0. The molecule has 9 aromatic carbocycles. The van der Waals surface area contributed by atoms with Gasteiger partial charge in [0.15, 0.2) is 0 Å². The van der Waals surface area contributed by atoms with Crippen LogP contribution in [-0.2, 0) is 0 Å². The van der Waals surface area contributed by atoms with Gasteiger partial charge in [0.1, 0.15) is 5.65 Å². The van der Waals surface area contributed by atoms with E-state index >= 15 is 0 Å². The van der Waals surface area contributed by atoms with Crippen LogP contribution in [-0.4, -0.2) is 13.7 Å². The largest absolute Gasteiger partial charge is 0.309 e. The van der Waals surface area contributed by atoms with Crippen LogP contribution in [0.15, 0.2) is 198 Å². The summed E-state index contributed by atoms with van der Waals surface area (Å²) in [7, 11) is 0. The maximum Gasteiger partial charge on any atom is 0.131 e. The molecule has 3 nitrogen and oxygen atoms in total. The Morgan fingerprint density at radius 2 is 0.964 bits per heavy atom. The van der Waals surface area contributed by atoms with Gasteiger partial charge in [-0.2, -0.15) is 0 Å². The summed E-state index contributed by atoms with van der Waals surface area (Å²) in [5, 5.41) is 11.6. The predicted octanol–water partition coefficient (Wildman–Crippen LogP) is 14.3. The SMILES string of the molecule is c1ccc(-n2c3ccccc3c3c4cccc5c4n(c32)-c2ccc(-c3cccc(-n4c6ccc7ccccc7c6c6c7ccccc7ccc64)c3)cc2S5)cc1. The molecule has 0 unspecified atom stereocenters. The Morgan fingerprint density at radius 1 is 0.339 bits per heavy atom. The average Bonchev–Trinajstić information content (AvgIpc) is 3.91. The Balaban J connectivity index is 1.03. The topological polar surface area (TPSA) is 14.8 Å². The van der Waals surface area contributed by atoms with E-state index in [2.05, 4.69) is 202 Å². The molecule has 260 valence electrons. The Morgan fingerprint density at radius 3 is 1.73 bits per heavy atom. The van der Waals surface area contributed by atoms with Crippen LogP contribution in [0.4, 0.5) is 0 Å². The molecule has 4 heteroatoms. The maximum absolute atomic E-state index is 2.52. The van der Waals surface area contributed by atoms with Crippen LogP contribution in [0, 0.1) is 0 Å². The highest BCUT2D eigenvalue weighted by Gasteiger charge is 2.28. The molecule has 0 saturated carbocycles. The van der Waals surface area contributed by atoms with E-state index in [-0.39, 0.29) is 0 Å². The van der Waals surface area contributed by atoms with Crippen molar-refractivity contribution in [1.82, 2.24) is 13.7 Å². The molecule has 0 aliphatic carbocycles. The third kappa shape index (κ3) is 4.03. The number of benzene rings is 9. The smallest absolute Gasteiger partial charge is 0.131 e. The molecule has 0 fully saturated rings. The molecule has 0 N–H and O–H groups in total. The van der Waals surface area contributed by atoms with Crippen LogP contribution >= 0.6 is 11.8 Å². The van der Waals surface area contributed by atoms with E-state index in [1.165, 1.54) is 108 Å². The fraction of sp³-hybridized carbons (Fsp3) is 0. The number of nitrogens with zero attached hydrogens (tertiary/aromatic N) is 3. The molecule has 1 aliphatic heterocycles. The first kappa shape index (κ1) is 30.3. The van der Waals surface area contributed by atoms with Crippen LogP contribution in [0.1, 0.15) is 0 Å². The van der Waals surface area contributed by atoms with Gasteiger partial charge >= 0.3 is 0 Å². The summed E-state index contributed by atoms with van der Waals surface area (Å²) in [6.45, 7) is 0. The van der Waals surface area contributed by atoms with Crippen molar-refractivity contribution in [2.24, 2.45) is 0 Å². The van der Waals surface area contributed by atoms with Gasteiger partial charge in [-0.15, -0.1) is 0 Å². The molecular formula is C52H31N3S. The van der Waals surface area contributed by atoms with Crippen molar-refractivity contribution in [3.8, 4) is 28.2 Å². The molecule has 0 radical (unpaired) electrons. The van der Waals surface area contributed by atoms with Gasteiger partial charge in [0.2, 0.25) is 0 Å². The highest BCUT2D eigenvalue weighted by Crippen LogP contribution is 2.50. The van der Waals surface area contributed by atoms with Crippen molar-refractivity contribution in [2.45, 2.75) is 9.79 Å². The second-order valence-electron chi connectivity index (χ2n) is 14.9. The lowest BCUT2D eigenvalue weighted by Gasteiger charge is -2.22. The molecule has 0 spiro atoms. The Bertz CT molecular complexity index is 3530. The van der Waals surface area contributed by atoms with Crippen LogP contribution in [0.5, 0.6) is 0 Å². The lowest BCUT2D eigenvalue weighted by atomic mass is 10.00. The highest BCUT2D eigenvalue weighted by atomic mass is 32.2. The summed E-state index contributed by atoms with van der Waals surface area (Å²) in [6.07, 6.45) is 0. The number of aromatic nitrogens is 3. The zero-order valence-electron chi connectivity index (χ0n) is 30.1. The molecule has 12 aromatic rings. The molecule has 1 aliphatic rings. The van der Waals surface area contributed by atoms with Crippen LogP contribution in [0.3, 0.4) is 0 Å². The Kier molecular flexibility index (Phi) is 6.10. The molecular weight excluding hydrogens is 699 g/mol. The fourth-order valence-electron chi connectivity index (χ4n) is 9.65. The van der Waals surface area contributed by atoms with Gasteiger partial charge in [0, 0.05) is 48.1 Å². The van der Waals surface area contributed by atoms with E-state index in [4.69, 9.17) is 0 Å². The van der Waals surface area contributed by atoms with E-state index in [1.807, 2.05) is 11.8 Å². The van der Waals surface area contributed by atoms with Crippen LogP contribution in [0.25, 0.3) is 104 Å². The van der Waals surface area contributed by atoms with Crippen molar-refractivity contribution in [3.63, 3.8) is 0 Å². The first-order chi connectivity index (χ1) is 27.8. The van der Waals surface area contributed by atoms with Crippen molar-refractivity contribution in [3.05, 3.63) is 188 Å². The number of rotatable bonds is 3. The van der Waals surface area contributed by atoms with Crippen molar-refractivity contribution < 1.29 is 0 Å². The summed E-state index contributed by atoms with van der Waals surface area (Å²) in [5.41, 5.74) is 12.1. The van der Waals surface area contributed by atoms with E-state index in [0.717, 1.165) is 5.69 Å². The second-order valence-corrected chi connectivity index (χ2v) is 16.0. The van der Waals surface area contributed by atoms with Gasteiger partial charge in [0.25, 0.3) is 0 Å². The molecule has 4 heterocycles. The van der Waals surface area contributed by atoms with E-state index in [9.17, 15) is 0 Å². The minimum atomic E-state index is 1.16. The Labute approximate surface area is 326 Å². The quantitative estimate of drug-likeness (QED) is 0.177. The zero-order chi connectivity index (χ0) is 36.5. The van der Waals surface area contributed by atoms with Crippen molar-refractivity contribution >= 4 is 88.0 Å². The van der Waals surface area contributed by atoms with Crippen LogP contribution in [0.2, 0.25) is 0 Å². The molecule has 3 aromatic heterocycles. The van der Waals surface area contributed by atoms with Gasteiger partial charge in [-0.1, -0.05) is 139 Å². The maximum atomic E-state index is 2.52. The highest BCUT2D eigenvalue weighted by molar-refractivity contribution is 7.99. The fourth-order valence-corrected chi connectivity index (χ4v) is 10.8. The molecule has 0 amide bonds. The second kappa shape index (κ2) is 11.3. The summed E-state index contributed by atoms with van der Waals surface area (Å²) < 4.78 is 7.43. The van der Waals surface area contributed by atoms with Gasteiger partial charge in [0.05, 0.1) is 27.8 Å². The third-order valence-electron chi connectivity index (χ3n) is 12.0. The molecule has 0 bridgehead atoms.